The first-order chi connectivity index (χ1) is 11.6. The van der Waals surface area contributed by atoms with Gasteiger partial charge in [-0.1, -0.05) is 0 Å². The largest absolute Gasteiger partial charge is 0.466 e. The number of carbonyl (C=O) groups excluding carboxylic acids is 2. The fourth-order valence-corrected chi connectivity index (χ4v) is 3.81. The number of aromatic nitrogens is 1. The number of fused-ring (bicyclic) bond motifs is 1. The zero-order chi connectivity index (χ0) is 17.1. The van der Waals surface area contributed by atoms with Crippen LogP contribution < -0.4 is 5.56 Å². The highest BCUT2D eigenvalue weighted by Crippen LogP contribution is 2.19. The molecule has 1 amide bonds. The zero-order valence-corrected chi connectivity index (χ0v) is 14.4. The SMILES string of the molecule is CCOC(=O)[C@H]1CCCN(C(=O)Cn2ccc3sccc3c2=O)C1. The standard InChI is InChI=1S/C17H20N2O4S/c1-2-23-17(22)12-4-3-7-18(10-12)15(20)11-19-8-5-14-13(16(19)21)6-9-24-14/h5-6,8-9,12H,2-4,7,10-11H2,1H3/t12-/m0/s1. The number of piperidine rings is 1. The maximum atomic E-state index is 12.5. The molecule has 3 rings (SSSR count). The second-order valence-electron chi connectivity index (χ2n) is 5.88. The van der Waals surface area contributed by atoms with E-state index < -0.39 is 0 Å². The molecule has 1 atom stereocenters. The Morgan fingerprint density at radius 1 is 1.38 bits per heavy atom. The van der Waals surface area contributed by atoms with E-state index in [2.05, 4.69) is 0 Å². The molecule has 2 aromatic heterocycles. The Balaban J connectivity index is 1.70. The van der Waals surface area contributed by atoms with Crippen LogP contribution in [0.15, 0.2) is 28.5 Å². The highest BCUT2D eigenvalue weighted by Gasteiger charge is 2.29. The molecule has 0 unspecified atom stereocenters. The topological polar surface area (TPSA) is 68.6 Å². The van der Waals surface area contributed by atoms with Crippen molar-refractivity contribution in [1.82, 2.24) is 9.47 Å². The molecule has 0 bridgehead atoms. The van der Waals surface area contributed by atoms with Crippen LogP contribution in [0.5, 0.6) is 0 Å². The van der Waals surface area contributed by atoms with Gasteiger partial charge in [-0.2, -0.15) is 0 Å². The van der Waals surface area contributed by atoms with Crippen molar-refractivity contribution in [3.05, 3.63) is 34.1 Å². The Morgan fingerprint density at radius 3 is 3.00 bits per heavy atom. The summed E-state index contributed by atoms with van der Waals surface area (Å²) < 4.78 is 7.41. The molecule has 1 aliphatic heterocycles. The van der Waals surface area contributed by atoms with Gasteiger partial charge in [0.15, 0.2) is 0 Å². The lowest BCUT2D eigenvalue weighted by Crippen LogP contribution is -2.44. The van der Waals surface area contributed by atoms with Gasteiger partial charge < -0.3 is 14.2 Å². The predicted molar refractivity (Wildman–Crippen MR) is 92.0 cm³/mol. The van der Waals surface area contributed by atoms with Gasteiger partial charge in [-0.3, -0.25) is 14.4 Å². The van der Waals surface area contributed by atoms with Crippen molar-refractivity contribution < 1.29 is 14.3 Å². The van der Waals surface area contributed by atoms with Gasteiger partial charge >= 0.3 is 5.97 Å². The van der Waals surface area contributed by atoms with Crippen LogP contribution in [0.25, 0.3) is 10.1 Å². The van der Waals surface area contributed by atoms with Gasteiger partial charge in [0.05, 0.1) is 17.9 Å². The molecule has 6 nitrogen and oxygen atoms in total. The van der Waals surface area contributed by atoms with E-state index in [1.54, 1.807) is 24.1 Å². The number of thiophene rings is 1. The summed E-state index contributed by atoms with van der Waals surface area (Å²) in [6, 6.07) is 3.63. The molecule has 24 heavy (non-hydrogen) atoms. The zero-order valence-electron chi connectivity index (χ0n) is 13.6. The third-order valence-electron chi connectivity index (χ3n) is 4.29. The summed E-state index contributed by atoms with van der Waals surface area (Å²) in [6.07, 6.45) is 3.17. The lowest BCUT2D eigenvalue weighted by molar-refractivity contribution is -0.151. The molecule has 128 valence electrons. The summed E-state index contributed by atoms with van der Waals surface area (Å²) in [6.45, 7) is 3.10. The Labute approximate surface area is 143 Å². The minimum absolute atomic E-state index is 0.000164. The van der Waals surface area contributed by atoms with Gasteiger partial charge in [-0.25, -0.2) is 0 Å². The second kappa shape index (κ2) is 7.17. The third-order valence-corrected chi connectivity index (χ3v) is 5.17. The van der Waals surface area contributed by atoms with Crippen molar-refractivity contribution in [1.29, 1.82) is 0 Å². The number of hydrogen-bond acceptors (Lipinski definition) is 5. The summed E-state index contributed by atoms with van der Waals surface area (Å²) in [7, 11) is 0. The van der Waals surface area contributed by atoms with Crippen LogP contribution in [0.4, 0.5) is 0 Å². The van der Waals surface area contributed by atoms with Gasteiger partial charge in [0.25, 0.3) is 5.56 Å². The monoisotopic (exact) mass is 348 g/mol. The van der Waals surface area contributed by atoms with Crippen molar-refractivity contribution in [2.75, 3.05) is 19.7 Å². The van der Waals surface area contributed by atoms with E-state index in [-0.39, 0.29) is 29.9 Å². The number of hydrogen-bond donors (Lipinski definition) is 0. The first-order valence-electron chi connectivity index (χ1n) is 8.11. The van der Waals surface area contributed by atoms with Gasteiger partial charge in [0.1, 0.15) is 6.54 Å². The van der Waals surface area contributed by atoms with E-state index in [0.717, 1.165) is 17.5 Å². The number of amides is 1. The van der Waals surface area contributed by atoms with Gasteiger partial charge in [0.2, 0.25) is 5.91 Å². The van der Waals surface area contributed by atoms with Crippen LogP contribution in [-0.4, -0.2) is 41.0 Å². The average Bonchev–Trinajstić information content (AvgIpc) is 3.07. The summed E-state index contributed by atoms with van der Waals surface area (Å²) >= 11 is 1.51. The van der Waals surface area contributed by atoms with E-state index in [9.17, 15) is 14.4 Å². The number of carbonyl (C=O) groups is 2. The first kappa shape index (κ1) is 16.7. The summed E-state index contributed by atoms with van der Waals surface area (Å²) in [5.74, 6) is -0.647. The van der Waals surface area contributed by atoms with E-state index in [1.165, 1.54) is 15.9 Å². The Bertz CT molecular complexity index is 810. The van der Waals surface area contributed by atoms with E-state index in [0.29, 0.717) is 25.1 Å². The van der Waals surface area contributed by atoms with Crippen LogP contribution in [0, 0.1) is 5.92 Å². The van der Waals surface area contributed by atoms with Crippen LogP contribution in [0.1, 0.15) is 19.8 Å². The fraction of sp³-hybridized carbons (Fsp3) is 0.471. The molecule has 1 fully saturated rings. The lowest BCUT2D eigenvalue weighted by Gasteiger charge is -2.31. The molecule has 1 aliphatic rings. The highest BCUT2D eigenvalue weighted by molar-refractivity contribution is 7.17. The molecular formula is C17H20N2O4S. The maximum absolute atomic E-state index is 12.5. The smallest absolute Gasteiger partial charge is 0.310 e. The highest BCUT2D eigenvalue weighted by atomic mass is 32.1. The molecular weight excluding hydrogens is 328 g/mol. The van der Waals surface area contributed by atoms with Crippen molar-refractivity contribution in [2.24, 2.45) is 5.92 Å². The van der Waals surface area contributed by atoms with Crippen molar-refractivity contribution in [2.45, 2.75) is 26.3 Å². The molecule has 1 saturated heterocycles. The molecule has 0 spiro atoms. The van der Waals surface area contributed by atoms with E-state index in [1.807, 2.05) is 11.4 Å². The van der Waals surface area contributed by atoms with E-state index >= 15 is 0 Å². The van der Waals surface area contributed by atoms with Gasteiger partial charge in [0, 0.05) is 24.0 Å². The summed E-state index contributed by atoms with van der Waals surface area (Å²) in [5.41, 5.74) is -0.152. The van der Waals surface area contributed by atoms with Gasteiger partial charge in [-0.15, -0.1) is 11.3 Å². The van der Waals surface area contributed by atoms with Crippen LogP contribution in [-0.2, 0) is 20.9 Å². The van der Waals surface area contributed by atoms with Gasteiger partial charge in [-0.05, 0) is 37.3 Å². The summed E-state index contributed by atoms with van der Waals surface area (Å²) in [4.78, 5) is 38.5. The number of ether oxygens (including phenoxy) is 1. The number of pyridine rings is 1. The Hall–Kier alpha value is -2.15. The Kier molecular flexibility index (Phi) is 4.99. The lowest BCUT2D eigenvalue weighted by atomic mass is 9.98. The number of rotatable bonds is 4. The van der Waals surface area contributed by atoms with Crippen LogP contribution in [0.2, 0.25) is 0 Å². The summed E-state index contributed by atoms with van der Waals surface area (Å²) in [5, 5.41) is 2.51. The third kappa shape index (κ3) is 3.36. The molecule has 0 saturated carbocycles. The van der Waals surface area contributed by atoms with E-state index in [4.69, 9.17) is 4.74 Å². The van der Waals surface area contributed by atoms with Crippen molar-refractivity contribution in [3.63, 3.8) is 0 Å². The first-order valence-corrected chi connectivity index (χ1v) is 8.99. The van der Waals surface area contributed by atoms with Crippen molar-refractivity contribution >= 4 is 33.3 Å². The predicted octanol–water partition coefficient (Wildman–Crippen LogP) is 1.86. The molecule has 7 heteroatoms. The normalized spacial score (nSPS) is 17.9. The molecule has 0 radical (unpaired) electrons. The number of esters is 1. The molecule has 0 aliphatic carbocycles. The molecule has 3 heterocycles. The van der Waals surface area contributed by atoms with Crippen LogP contribution in [0.3, 0.4) is 0 Å². The van der Waals surface area contributed by atoms with Crippen molar-refractivity contribution in [3.8, 4) is 0 Å². The number of likely N-dealkylation sites (tertiary alicyclic amines) is 1. The quantitative estimate of drug-likeness (QED) is 0.791. The molecule has 0 aromatic carbocycles. The maximum Gasteiger partial charge on any atom is 0.310 e. The number of nitrogens with zero attached hydrogens (tertiary/aromatic N) is 2. The molecule has 0 N–H and O–H groups in total. The second-order valence-corrected chi connectivity index (χ2v) is 6.83. The Morgan fingerprint density at radius 2 is 2.21 bits per heavy atom. The fourth-order valence-electron chi connectivity index (χ4n) is 3.03. The van der Waals surface area contributed by atoms with Crippen LogP contribution >= 0.6 is 11.3 Å². The molecule has 2 aromatic rings. The minimum atomic E-state index is -0.265. The average molecular weight is 348 g/mol. The minimum Gasteiger partial charge on any atom is -0.466 e.